The van der Waals surface area contributed by atoms with E-state index < -0.39 is 45.8 Å². The Bertz CT molecular complexity index is 1170. The van der Waals surface area contributed by atoms with Crippen molar-refractivity contribution in [2.24, 2.45) is 0 Å². The van der Waals surface area contributed by atoms with E-state index in [1.54, 1.807) is 24.3 Å². The summed E-state index contributed by atoms with van der Waals surface area (Å²) in [6.07, 6.45) is 1.26. The van der Waals surface area contributed by atoms with E-state index in [1.807, 2.05) is 43.3 Å². The van der Waals surface area contributed by atoms with E-state index in [1.165, 1.54) is 4.90 Å². The second-order valence-electron chi connectivity index (χ2n) is 8.90. The van der Waals surface area contributed by atoms with Gasteiger partial charge in [0.25, 0.3) is 5.91 Å². The summed E-state index contributed by atoms with van der Waals surface area (Å²) in [5.74, 6) is -0.948. The monoisotopic (exact) mass is 483 g/mol. The molecular weight excluding hydrogens is 454 g/mol. The molecule has 4 amide bonds. The second-order valence-corrected chi connectivity index (χ2v) is 11.1. The number of hydrogen-bond donors (Lipinski definition) is 1. The Kier molecular flexibility index (Phi) is 6.74. The lowest BCUT2D eigenvalue weighted by Gasteiger charge is -2.30. The van der Waals surface area contributed by atoms with Crippen LogP contribution in [-0.2, 0) is 31.4 Å². The molecule has 0 aromatic heterocycles. The summed E-state index contributed by atoms with van der Waals surface area (Å²) in [5, 5.41) is 2.86. The van der Waals surface area contributed by atoms with Gasteiger partial charge in [-0.1, -0.05) is 67.6 Å². The van der Waals surface area contributed by atoms with Gasteiger partial charge >= 0.3 is 6.03 Å². The molecule has 9 heteroatoms. The van der Waals surface area contributed by atoms with Gasteiger partial charge in [0, 0.05) is 19.0 Å². The Labute approximate surface area is 199 Å². The van der Waals surface area contributed by atoms with Gasteiger partial charge in [-0.05, 0) is 24.0 Å². The molecule has 2 atom stereocenters. The summed E-state index contributed by atoms with van der Waals surface area (Å²) >= 11 is 0. The Morgan fingerprint density at radius 1 is 1.09 bits per heavy atom. The highest BCUT2D eigenvalue weighted by atomic mass is 32.2. The van der Waals surface area contributed by atoms with Crippen LogP contribution in [0, 0.1) is 0 Å². The van der Waals surface area contributed by atoms with Crippen LogP contribution in [-0.4, -0.2) is 66.7 Å². The van der Waals surface area contributed by atoms with E-state index in [0.29, 0.717) is 24.9 Å². The molecule has 0 saturated carbocycles. The van der Waals surface area contributed by atoms with Crippen LogP contribution in [0.25, 0.3) is 0 Å². The van der Waals surface area contributed by atoms with Crippen LogP contribution in [0.4, 0.5) is 4.79 Å². The van der Waals surface area contributed by atoms with Gasteiger partial charge in [0.1, 0.15) is 6.54 Å². The zero-order valence-corrected chi connectivity index (χ0v) is 20.0. The number of urea groups is 1. The van der Waals surface area contributed by atoms with Crippen molar-refractivity contribution in [3.05, 3.63) is 71.8 Å². The lowest BCUT2D eigenvalue weighted by Crippen LogP contribution is -2.49. The molecule has 0 radical (unpaired) electrons. The van der Waals surface area contributed by atoms with Crippen LogP contribution in [0.15, 0.2) is 60.7 Å². The van der Waals surface area contributed by atoms with Gasteiger partial charge in [0.05, 0.1) is 11.5 Å². The summed E-state index contributed by atoms with van der Waals surface area (Å²) in [6.45, 7) is 1.85. The van der Waals surface area contributed by atoms with Crippen molar-refractivity contribution in [3.63, 3.8) is 0 Å². The standard InChI is InChI=1S/C25H29N3O5S/c1-2-14-27(21-13-15-34(32,33)18-21)22(29)17-28-23(30)25(26-24(28)31,20-11-7-4-8-12-20)16-19-9-5-3-6-10-19/h3-12,21H,2,13-18H2,1H3,(H,26,31)/t21-,25+/m1/s1. The smallest absolute Gasteiger partial charge is 0.325 e. The number of nitrogens with zero attached hydrogens (tertiary/aromatic N) is 2. The van der Waals surface area contributed by atoms with Gasteiger partial charge in [-0.2, -0.15) is 0 Å². The van der Waals surface area contributed by atoms with Crippen LogP contribution in [0.5, 0.6) is 0 Å². The van der Waals surface area contributed by atoms with Gasteiger partial charge in [0.15, 0.2) is 15.4 Å². The number of hydrogen-bond acceptors (Lipinski definition) is 5. The molecular formula is C25H29N3O5S. The zero-order valence-electron chi connectivity index (χ0n) is 19.1. The lowest BCUT2D eigenvalue weighted by molar-refractivity contribution is -0.140. The topological polar surface area (TPSA) is 104 Å². The molecule has 0 unspecified atom stereocenters. The SMILES string of the molecule is CCCN(C(=O)CN1C(=O)N[C@@](Cc2ccccc2)(c2ccccc2)C1=O)[C@@H]1CCS(=O)(=O)C1. The molecule has 1 N–H and O–H groups in total. The Morgan fingerprint density at radius 3 is 2.32 bits per heavy atom. The molecule has 2 saturated heterocycles. The quantitative estimate of drug-likeness (QED) is 0.579. The molecule has 2 heterocycles. The van der Waals surface area contributed by atoms with E-state index in [-0.39, 0.29) is 17.9 Å². The molecule has 2 aromatic rings. The van der Waals surface area contributed by atoms with Crippen molar-refractivity contribution >= 4 is 27.7 Å². The Hall–Kier alpha value is -3.20. The summed E-state index contributed by atoms with van der Waals surface area (Å²) in [5.41, 5.74) is 0.183. The number of carbonyl (C=O) groups excluding carboxylic acids is 3. The third kappa shape index (κ3) is 4.70. The van der Waals surface area contributed by atoms with Gasteiger partial charge < -0.3 is 10.2 Å². The largest absolute Gasteiger partial charge is 0.337 e. The summed E-state index contributed by atoms with van der Waals surface area (Å²) in [6, 6.07) is 17.4. The van der Waals surface area contributed by atoms with Crippen LogP contribution < -0.4 is 5.32 Å². The van der Waals surface area contributed by atoms with Crippen LogP contribution in [0.2, 0.25) is 0 Å². The molecule has 2 aliphatic rings. The van der Waals surface area contributed by atoms with E-state index >= 15 is 0 Å². The van der Waals surface area contributed by atoms with Crippen molar-refractivity contribution in [2.75, 3.05) is 24.6 Å². The minimum atomic E-state index is -3.18. The lowest BCUT2D eigenvalue weighted by atomic mass is 9.83. The van der Waals surface area contributed by atoms with Crippen molar-refractivity contribution < 1.29 is 22.8 Å². The third-order valence-corrected chi connectivity index (χ3v) is 8.23. The molecule has 2 aliphatic heterocycles. The molecule has 0 spiro atoms. The zero-order chi connectivity index (χ0) is 24.3. The van der Waals surface area contributed by atoms with Crippen LogP contribution in [0.1, 0.15) is 30.9 Å². The van der Waals surface area contributed by atoms with Crippen LogP contribution >= 0.6 is 0 Å². The number of sulfone groups is 1. The first-order valence-electron chi connectivity index (χ1n) is 11.5. The first-order chi connectivity index (χ1) is 16.3. The fraction of sp³-hybridized carbons (Fsp3) is 0.400. The molecule has 34 heavy (non-hydrogen) atoms. The second kappa shape index (κ2) is 9.58. The maximum Gasteiger partial charge on any atom is 0.325 e. The first kappa shape index (κ1) is 23.9. The number of nitrogens with one attached hydrogen (secondary N) is 1. The maximum absolute atomic E-state index is 13.8. The number of carbonyl (C=O) groups is 3. The molecule has 2 aromatic carbocycles. The average Bonchev–Trinajstić information content (AvgIpc) is 3.30. The fourth-order valence-corrected chi connectivity index (χ4v) is 6.54. The normalized spacial score (nSPS) is 23.7. The van der Waals surface area contributed by atoms with Gasteiger partial charge in [0.2, 0.25) is 5.91 Å². The van der Waals surface area contributed by atoms with Crippen molar-refractivity contribution in [1.82, 2.24) is 15.1 Å². The van der Waals surface area contributed by atoms with Crippen molar-refractivity contribution in [1.29, 1.82) is 0 Å². The fourth-order valence-electron chi connectivity index (χ4n) is 4.81. The maximum atomic E-state index is 13.8. The molecule has 4 rings (SSSR count). The highest BCUT2D eigenvalue weighted by molar-refractivity contribution is 7.91. The molecule has 2 fully saturated rings. The number of rotatable bonds is 8. The van der Waals surface area contributed by atoms with E-state index in [0.717, 1.165) is 10.5 Å². The van der Waals surface area contributed by atoms with Gasteiger partial charge in [-0.3, -0.25) is 14.5 Å². The molecule has 0 aliphatic carbocycles. The van der Waals surface area contributed by atoms with E-state index in [9.17, 15) is 22.8 Å². The third-order valence-electron chi connectivity index (χ3n) is 6.48. The minimum absolute atomic E-state index is 0.0441. The first-order valence-corrected chi connectivity index (χ1v) is 13.3. The van der Waals surface area contributed by atoms with Crippen molar-refractivity contribution in [3.8, 4) is 0 Å². The summed E-state index contributed by atoms with van der Waals surface area (Å²) in [4.78, 5) is 42.5. The summed E-state index contributed by atoms with van der Waals surface area (Å²) < 4.78 is 23.9. The van der Waals surface area contributed by atoms with E-state index in [4.69, 9.17) is 0 Å². The average molecular weight is 484 g/mol. The minimum Gasteiger partial charge on any atom is -0.337 e. The molecule has 0 bridgehead atoms. The predicted molar refractivity (Wildman–Crippen MR) is 128 cm³/mol. The molecule has 8 nitrogen and oxygen atoms in total. The number of imide groups is 1. The highest BCUT2D eigenvalue weighted by Gasteiger charge is 2.53. The summed E-state index contributed by atoms with van der Waals surface area (Å²) in [7, 11) is -3.18. The molecule has 180 valence electrons. The Morgan fingerprint density at radius 2 is 1.74 bits per heavy atom. The number of amides is 4. The van der Waals surface area contributed by atoms with Crippen molar-refractivity contribution in [2.45, 2.75) is 37.8 Å². The van der Waals surface area contributed by atoms with Gasteiger partial charge in [-0.15, -0.1) is 0 Å². The number of benzene rings is 2. The van der Waals surface area contributed by atoms with E-state index in [2.05, 4.69) is 5.32 Å². The highest BCUT2D eigenvalue weighted by Crippen LogP contribution is 2.33. The van der Waals surface area contributed by atoms with Gasteiger partial charge in [-0.25, -0.2) is 13.2 Å². The Balaban J connectivity index is 1.61. The predicted octanol–water partition coefficient (Wildman–Crippen LogP) is 2.10. The van der Waals surface area contributed by atoms with Crippen LogP contribution in [0.3, 0.4) is 0 Å².